The summed E-state index contributed by atoms with van der Waals surface area (Å²) >= 11 is 1.65. The fourth-order valence-electron chi connectivity index (χ4n) is 3.55. The average molecular weight is 331 g/mol. The fourth-order valence-corrected chi connectivity index (χ4v) is 4.67. The number of likely N-dealkylation sites (tertiary alicyclic amines) is 1. The maximum absolute atomic E-state index is 12.9. The number of aromatic nitrogens is 2. The lowest BCUT2D eigenvalue weighted by molar-refractivity contribution is 0.0683. The summed E-state index contributed by atoms with van der Waals surface area (Å²) in [5.74, 6) is 1.19. The Labute approximate surface area is 139 Å². The van der Waals surface area contributed by atoms with Crippen molar-refractivity contribution in [2.45, 2.75) is 38.8 Å². The van der Waals surface area contributed by atoms with Crippen LogP contribution in [0.4, 0.5) is 0 Å². The van der Waals surface area contributed by atoms with Crippen molar-refractivity contribution in [2.75, 3.05) is 19.7 Å². The first-order valence-electron chi connectivity index (χ1n) is 8.20. The molecule has 2 aliphatic rings. The molecule has 5 nitrogen and oxygen atoms in total. The molecule has 0 aliphatic carbocycles. The summed E-state index contributed by atoms with van der Waals surface area (Å²) in [6.07, 6.45) is 6.95. The van der Waals surface area contributed by atoms with E-state index in [4.69, 9.17) is 4.74 Å². The van der Waals surface area contributed by atoms with Crippen molar-refractivity contribution in [1.29, 1.82) is 0 Å². The van der Waals surface area contributed by atoms with E-state index in [1.54, 1.807) is 11.3 Å². The van der Waals surface area contributed by atoms with Gasteiger partial charge in [0.15, 0.2) is 0 Å². The maximum Gasteiger partial charge on any atom is 0.264 e. The Bertz CT molecular complexity index is 698. The molecule has 1 fully saturated rings. The van der Waals surface area contributed by atoms with Crippen molar-refractivity contribution in [3.8, 4) is 0 Å². The molecule has 4 heterocycles. The summed E-state index contributed by atoms with van der Waals surface area (Å²) in [5, 5.41) is 0. The Morgan fingerprint density at radius 2 is 2.39 bits per heavy atom. The van der Waals surface area contributed by atoms with E-state index in [9.17, 15) is 4.79 Å². The summed E-state index contributed by atoms with van der Waals surface area (Å²) in [4.78, 5) is 21.4. The summed E-state index contributed by atoms with van der Waals surface area (Å²) in [6.45, 7) is 5.06. The van der Waals surface area contributed by atoms with Gasteiger partial charge in [-0.05, 0) is 31.4 Å². The fraction of sp³-hybridized carbons (Fsp3) is 0.529. The van der Waals surface area contributed by atoms with Gasteiger partial charge in [0.25, 0.3) is 5.91 Å². The van der Waals surface area contributed by atoms with Gasteiger partial charge in [-0.1, -0.05) is 0 Å². The topological polar surface area (TPSA) is 47.4 Å². The number of ether oxygens (including phenoxy) is 1. The zero-order valence-corrected chi connectivity index (χ0v) is 14.1. The first-order chi connectivity index (χ1) is 11.2. The van der Waals surface area contributed by atoms with Crippen LogP contribution in [0.1, 0.15) is 44.8 Å². The summed E-state index contributed by atoms with van der Waals surface area (Å²) in [5.41, 5.74) is 1.20. The third kappa shape index (κ3) is 2.81. The van der Waals surface area contributed by atoms with Crippen LogP contribution in [0.2, 0.25) is 0 Å². The standard InChI is InChI=1S/C17H21N3O2S/c1-12-18-5-7-20(12)14-3-2-6-19(10-14)17(21)16-9-13-11-22-8-4-15(13)23-16/h5,7,9,14H,2-4,6,8,10-11H2,1H3. The monoisotopic (exact) mass is 331 g/mol. The molecule has 23 heavy (non-hydrogen) atoms. The van der Waals surface area contributed by atoms with Gasteiger partial charge in [-0.25, -0.2) is 4.98 Å². The van der Waals surface area contributed by atoms with E-state index in [0.29, 0.717) is 12.6 Å². The van der Waals surface area contributed by atoms with Gasteiger partial charge in [-0.3, -0.25) is 4.79 Å². The van der Waals surface area contributed by atoms with Gasteiger partial charge in [0.2, 0.25) is 0 Å². The molecule has 1 unspecified atom stereocenters. The molecule has 2 aromatic rings. The third-order valence-corrected chi connectivity index (χ3v) is 6.00. The molecule has 0 radical (unpaired) electrons. The normalized spacial score (nSPS) is 21.3. The number of nitrogens with zero attached hydrogens (tertiary/aromatic N) is 3. The average Bonchev–Trinajstić information content (AvgIpc) is 3.20. The highest BCUT2D eigenvalue weighted by molar-refractivity contribution is 7.14. The highest BCUT2D eigenvalue weighted by atomic mass is 32.1. The number of aryl methyl sites for hydroxylation is 1. The predicted molar refractivity (Wildman–Crippen MR) is 88.8 cm³/mol. The van der Waals surface area contributed by atoms with Crippen LogP contribution in [0.15, 0.2) is 18.5 Å². The van der Waals surface area contributed by atoms with E-state index in [1.807, 2.05) is 30.3 Å². The SMILES string of the molecule is Cc1nccn1C1CCCN(C(=O)c2cc3c(s2)CCOC3)C1. The smallest absolute Gasteiger partial charge is 0.264 e. The van der Waals surface area contributed by atoms with E-state index >= 15 is 0 Å². The molecule has 122 valence electrons. The van der Waals surface area contributed by atoms with Crippen molar-refractivity contribution in [3.05, 3.63) is 39.6 Å². The van der Waals surface area contributed by atoms with Crippen LogP contribution in [0.3, 0.4) is 0 Å². The Kier molecular flexibility index (Phi) is 3.95. The summed E-state index contributed by atoms with van der Waals surface area (Å²) in [6, 6.07) is 2.38. The molecule has 1 amide bonds. The molecule has 0 bridgehead atoms. The zero-order chi connectivity index (χ0) is 15.8. The minimum absolute atomic E-state index is 0.173. The zero-order valence-electron chi connectivity index (χ0n) is 13.3. The number of thiophene rings is 1. The number of hydrogen-bond acceptors (Lipinski definition) is 4. The van der Waals surface area contributed by atoms with Crippen molar-refractivity contribution in [2.24, 2.45) is 0 Å². The number of piperidine rings is 1. The van der Waals surface area contributed by atoms with Gasteiger partial charge in [0.05, 0.1) is 24.1 Å². The summed E-state index contributed by atoms with van der Waals surface area (Å²) < 4.78 is 7.69. The molecule has 6 heteroatoms. The molecule has 0 N–H and O–H groups in total. The van der Waals surface area contributed by atoms with E-state index in [-0.39, 0.29) is 5.91 Å². The minimum Gasteiger partial charge on any atom is -0.376 e. The van der Waals surface area contributed by atoms with Crippen LogP contribution in [0.25, 0.3) is 0 Å². The van der Waals surface area contributed by atoms with Crippen molar-refractivity contribution < 1.29 is 9.53 Å². The quantitative estimate of drug-likeness (QED) is 0.850. The number of rotatable bonds is 2. The molecular weight excluding hydrogens is 310 g/mol. The highest BCUT2D eigenvalue weighted by Gasteiger charge is 2.28. The van der Waals surface area contributed by atoms with Gasteiger partial charge in [-0.15, -0.1) is 11.3 Å². The van der Waals surface area contributed by atoms with Crippen LogP contribution in [-0.2, 0) is 17.8 Å². The van der Waals surface area contributed by atoms with Gasteiger partial charge in [0.1, 0.15) is 5.82 Å². The third-order valence-electron chi connectivity index (χ3n) is 4.78. The first kappa shape index (κ1) is 14.9. The molecule has 1 atom stereocenters. The van der Waals surface area contributed by atoms with Crippen molar-refractivity contribution in [1.82, 2.24) is 14.5 Å². The van der Waals surface area contributed by atoms with E-state index in [0.717, 1.165) is 49.7 Å². The number of carbonyl (C=O) groups excluding carboxylic acids is 1. The van der Waals surface area contributed by atoms with Gasteiger partial charge in [0, 0.05) is 36.8 Å². The predicted octanol–water partition coefficient (Wildman–Crippen LogP) is 2.80. The number of carbonyl (C=O) groups is 1. The maximum atomic E-state index is 12.9. The molecule has 0 saturated carbocycles. The summed E-state index contributed by atoms with van der Waals surface area (Å²) in [7, 11) is 0. The molecule has 0 aromatic carbocycles. The lowest BCUT2D eigenvalue weighted by atomic mass is 10.0. The van der Waals surface area contributed by atoms with E-state index < -0.39 is 0 Å². The van der Waals surface area contributed by atoms with Crippen LogP contribution < -0.4 is 0 Å². The molecule has 2 aromatic heterocycles. The van der Waals surface area contributed by atoms with Gasteiger partial charge >= 0.3 is 0 Å². The number of hydrogen-bond donors (Lipinski definition) is 0. The number of amides is 1. The van der Waals surface area contributed by atoms with Crippen LogP contribution in [-0.4, -0.2) is 40.1 Å². The van der Waals surface area contributed by atoms with Crippen LogP contribution in [0.5, 0.6) is 0 Å². The Morgan fingerprint density at radius 3 is 3.17 bits per heavy atom. The second-order valence-electron chi connectivity index (χ2n) is 6.29. The van der Waals surface area contributed by atoms with E-state index in [2.05, 4.69) is 9.55 Å². The van der Waals surface area contributed by atoms with Crippen LogP contribution in [0, 0.1) is 6.92 Å². The lowest BCUT2D eigenvalue weighted by Crippen LogP contribution is -2.40. The molecule has 1 saturated heterocycles. The van der Waals surface area contributed by atoms with Crippen molar-refractivity contribution in [3.63, 3.8) is 0 Å². The number of fused-ring (bicyclic) bond motifs is 1. The number of imidazole rings is 1. The molecular formula is C17H21N3O2S. The minimum atomic E-state index is 0.173. The van der Waals surface area contributed by atoms with Gasteiger partial charge < -0.3 is 14.2 Å². The Morgan fingerprint density at radius 1 is 1.48 bits per heavy atom. The largest absolute Gasteiger partial charge is 0.376 e. The van der Waals surface area contributed by atoms with Crippen LogP contribution >= 0.6 is 11.3 Å². The highest BCUT2D eigenvalue weighted by Crippen LogP contribution is 2.30. The first-order valence-corrected chi connectivity index (χ1v) is 9.02. The Balaban J connectivity index is 1.52. The Hall–Kier alpha value is -1.66. The second-order valence-corrected chi connectivity index (χ2v) is 7.43. The second kappa shape index (κ2) is 6.09. The van der Waals surface area contributed by atoms with Gasteiger partial charge in [-0.2, -0.15) is 0 Å². The molecule has 0 spiro atoms. The van der Waals surface area contributed by atoms with E-state index in [1.165, 1.54) is 10.4 Å². The lowest BCUT2D eigenvalue weighted by Gasteiger charge is -2.33. The molecule has 4 rings (SSSR count). The molecule has 2 aliphatic heterocycles. The van der Waals surface area contributed by atoms with Crippen molar-refractivity contribution >= 4 is 17.2 Å².